The molecule has 10 nitrogen and oxygen atoms in total. The Morgan fingerprint density at radius 3 is 2.40 bits per heavy atom. The van der Waals surface area contributed by atoms with Crippen LogP contribution in [0, 0.1) is 5.92 Å². The van der Waals surface area contributed by atoms with E-state index in [9.17, 15) is 24.3 Å². The van der Waals surface area contributed by atoms with Crippen LogP contribution in [-0.4, -0.2) is 90.5 Å². The average molecular weight is 584 g/mol. The number of epoxide rings is 1. The summed E-state index contributed by atoms with van der Waals surface area (Å²) in [7, 11) is 1.58. The summed E-state index contributed by atoms with van der Waals surface area (Å²) in [5.74, 6) is -1.10. The number of amides is 2. The van der Waals surface area contributed by atoms with E-state index < -0.39 is 23.6 Å². The van der Waals surface area contributed by atoms with Gasteiger partial charge in [-0.25, -0.2) is 0 Å². The Kier molecular flexibility index (Phi) is 10.9. The number of nitrogens with one attached hydrogen (secondary N) is 2. The maximum atomic E-state index is 13.8. The monoisotopic (exact) mass is 583 g/mol. The fraction of sp³-hybridized carbons (Fsp3) is 0.625. The lowest BCUT2D eigenvalue weighted by Crippen LogP contribution is -2.49. The SMILES string of the molecule is COc1ccc(C[C@H](CC(=O)[C@H](C)NC(=O)CN2CCC(O)CC2)C(=O)N[C@@H](CC2=CCCC2)C(=O)[C@@]2(C)CO2)cc1. The van der Waals surface area contributed by atoms with Crippen molar-refractivity contribution in [2.45, 2.75) is 89.0 Å². The number of hydrogen-bond acceptors (Lipinski definition) is 8. The Morgan fingerprint density at radius 2 is 1.81 bits per heavy atom. The minimum absolute atomic E-state index is 0.0907. The third kappa shape index (κ3) is 8.96. The van der Waals surface area contributed by atoms with Gasteiger partial charge in [0.25, 0.3) is 0 Å². The van der Waals surface area contributed by atoms with Gasteiger partial charge < -0.3 is 25.2 Å². The van der Waals surface area contributed by atoms with E-state index in [1.807, 2.05) is 17.0 Å². The molecule has 0 aromatic heterocycles. The predicted octanol–water partition coefficient (Wildman–Crippen LogP) is 2.12. The van der Waals surface area contributed by atoms with Crippen molar-refractivity contribution in [1.29, 1.82) is 0 Å². The van der Waals surface area contributed by atoms with Crippen LogP contribution in [0.1, 0.15) is 64.4 Å². The van der Waals surface area contributed by atoms with Gasteiger partial charge in [-0.2, -0.15) is 0 Å². The molecule has 2 saturated heterocycles. The van der Waals surface area contributed by atoms with E-state index >= 15 is 0 Å². The Morgan fingerprint density at radius 1 is 1.12 bits per heavy atom. The van der Waals surface area contributed by atoms with Crippen molar-refractivity contribution in [3.8, 4) is 5.75 Å². The van der Waals surface area contributed by atoms with Gasteiger partial charge in [0.1, 0.15) is 11.4 Å². The van der Waals surface area contributed by atoms with Crippen LogP contribution in [0.4, 0.5) is 0 Å². The number of hydrogen-bond donors (Lipinski definition) is 3. The molecule has 2 amide bonds. The zero-order valence-corrected chi connectivity index (χ0v) is 25.0. The second kappa shape index (κ2) is 14.4. The van der Waals surface area contributed by atoms with Crippen LogP contribution in [0.2, 0.25) is 0 Å². The summed E-state index contributed by atoms with van der Waals surface area (Å²) in [5.41, 5.74) is 1.12. The molecule has 230 valence electrons. The summed E-state index contributed by atoms with van der Waals surface area (Å²) in [6.07, 6.45) is 6.59. The number of Topliss-reactive ketones (excluding diaryl/α,β-unsaturated/α-hetero) is 2. The van der Waals surface area contributed by atoms with Gasteiger partial charge in [0.05, 0.1) is 38.4 Å². The zero-order valence-electron chi connectivity index (χ0n) is 25.0. The van der Waals surface area contributed by atoms with Crippen LogP contribution in [0.5, 0.6) is 5.75 Å². The minimum atomic E-state index is -0.885. The number of ketones is 2. The molecule has 1 aromatic carbocycles. The predicted molar refractivity (Wildman–Crippen MR) is 157 cm³/mol. The molecule has 0 bridgehead atoms. The van der Waals surface area contributed by atoms with Crippen molar-refractivity contribution in [3.63, 3.8) is 0 Å². The van der Waals surface area contributed by atoms with Crippen molar-refractivity contribution in [3.05, 3.63) is 41.5 Å². The number of aliphatic hydroxyl groups is 1. The summed E-state index contributed by atoms with van der Waals surface area (Å²) in [4.78, 5) is 55.0. The molecule has 3 N–H and O–H groups in total. The molecule has 42 heavy (non-hydrogen) atoms. The Hall–Kier alpha value is -3.08. The highest BCUT2D eigenvalue weighted by Gasteiger charge is 2.50. The molecule has 10 heteroatoms. The molecule has 2 heterocycles. The lowest BCUT2D eigenvalue weighted by Gasteiger charge is -2.29. The van der Waals surface area contributed by atoms with Crippen LogP contribution >= 0.6 is 0 Å². The molecule has 0 saturated carbocycles. The molecule has 0 radical (unpaired) electrons. The van der Waals surface area contributed by atoms with Gasteiger partial charge in [0, 0.05) is 25.4 Å². The van der Waals surface area contributed by atoms with Gasteiger partial charge in [-0.15, -0.1) is 0 Å². The highest BCUT2D eigenvalue weighted by atomic mass is 16.6. The van der Waals surface area contributed by atoms with Gasteiger partial charge >= 0.3 is 0 Å². The molecule has 2 aliphatic heterocycles. The topological polar surface area (TPSA) is 138 Å². The number of allylic oxidation sites excluding steroid dienone is 1. The van der Waals surface area contributed by atoms with E-state index in [-0.39, 0.29) is 48.9 Å². The third-order valence-corrected chi connectivity index (χ3v) is 8.58. The number of rotatable bonds is 15. The second-order valence-electron chi connectivity index (χ2n) is 12.1. The van der Waals surface area contributed by atoms with Crippen LogP contribution < -0.4 is 15.4 Å². The Balaban J connectivity index is 1.43. The maximum Gasteiger partial charge on any atom is 0.234 e. The fourth-order valence-corrected chi connectivity index (χ4v) is 5.67. The van der Waals surface area contributed by atoms with E-state index in [0.29, 0.717) is 44.7 Å². The zero-order chi connectivity index (χ0) is 30.3. The molecule has 0 spiro atoms. The fourth-order valence-electron chi connectivity index (χ4n) is 5.67. The third-order valence-electron chi connectivity index (χ3n) is 8.58. The Labute approximate surface area is 248 Å². The number of nitrogens with zero attached hydrogens (tertiary/aromatic N) is 1. The molecule has 4 atom stereocenters. The average Bonchev–Trinajstić information content (AvgIpc) is 3.51. The van der Waals surface area contributed by atoms with Crippen molar-refractivity contribution in [1.82, 2.24) is 15.5 Å². The first-order chi connectivity index (χ1) is 20.1. The van der Waals surface area contributed by atoms with Crippen molar-refractivity contribution < 1.29 is 33.8 Å². The van der Waals surface area contributed by atoms with Crippen LogP contribution in [-0.2, 0) is 30.3 Å². The molecule has 1 aliphatic carbocycles. The molecule has 2 fully saturated rings. The molecular weight excluding hydrogens is 538 g/mol. The largest absolute Gasteiger partial charge is 0.497 e. The summed E-state index contributed by atoms with van der Waals surface area (Å²) >= 11 is 0. The van der Waals surface area contributed by atoms with E-state index in [4.69, 9.17) is 9.47 Å². The number of piperidine rings is 1. The van der Waals surface area contributed by atoms with Crippen LogP contribution in [0.25, 0.3) is 0 Å². The van der Waals surface area contributed by atoms with Crippen molar-refractivity contribution in [2.24, 2.45) is 5.92 Å². The number of carbonyl (C=O) groups is 4. The van der Waals surface area contributed by atoms with E-state index in [2.05, 4.69) is 16.7 Å². The van der Waals surface area contributed by atoms with Gasteiger partial charge in [-0.05, 0) is 76.5 Å². The first kappa shape index (κ1) is 31.8. The quantitative estimate of drug-likeness (QED) is 0.211. The van der Waals surface area contributed by atoms with Gasteiger partial charge in [0.2, 0.25) is 11.8 Å². The molecular formula is C32H45N3O7. The number of benzene rings is 1. The highest BCUT2D eigenvalue weighted by molar-refractivity contribution is 5.98. The number of methoxy groups -OCH3 is 1. The normalized spacial score (nSPS) is 22.9. The summed E-state index contributed by atoms with van der Waals surface area (Å²) in [6, 6.07) is 5.81. The summed E-state index contributed by atoms with van der Waals surface area (Å²) in [6.45, 7) is 5.11. The second-order valence-corrected chi connectivity index (χ2v) is 12.1. The maximum absolute atomic E-state index is 13.8. The molecule has 1 aromatic rings. The molecule has 0 unspecified atom stereocenters. The van der Waals surface area contributed by atoms with Crippen molar-refractivity contribution >= 4 is 23.4 Å². The van der Waals surface area contributed by atoms with E-state index in [0.717, 1.165) is 30.4 Å². The van der Waals surface area contributed by atoms with Gasteiger partial charge in [0.15, 0.2) is 11.6 Å². The van der Waals surface area contributed by atoms with E-state index in [1.165, 1.54) is 0 Å². The number of aliphatic hydroxyl groups excluding tert-OH is 1. The van der Waals surface area contributed by atoms with Crippen LogP contribution in [0.3, 0.4) is 0 Å². The van der Waals surface area contributed by atoms with E-state index in [1.54, 1.807) is 33.1 Å². The molecule has 4 rings (SSSR count). The molecule has 3 aliphatic rings. The first-order valence-electron chi connectivity index (χ1n) is 15.1. The first-order valence-corrected chi connectivity index (χ1v) is 15.1. The standard InChI is InChI=1S/C32H45N3O7/c1-21(33-29(38)19-35-14-12-25(36)13-15-35)28(37)18-24(16-23-8-10-26(41-3)11-9-23)31(40)34-27(17-22-6-4-5-7-22)30(39)32(2)20-42-32/h6,8-11,21,24-25,27,36H,4-5,7,12-20H2,1-3H3,(H,33,38)(H,34,40)/t21-,24+,27-,32+/m0/s1. The minimum Gasteiger partial charge on any atom is -0.497 e. The number of likely N-dealkylation sites (tertiary alicyclic amines) is 1. The van der Waals surface area contributed by atoms with Gasteiger partial charge in [-0.3, -0.25) is 24.1 Å². The number of ether oxygens (including phenoxy) is 2. The summed E-state index contributed by atoms with van der Waals surface area (Å²) < 4.78 is 10.7. The number of carbonyl (C=O) groups excluding carboxylic acids is 4. The highest BCUT2D eigenvalue weighted by Crippen LogP contribution is 2.31. The van der Waals surface area contributed by atoms with Crippen LogP contribution in [0.15, 0.2) is 35.9 Å². The summed E-state index contributed by atoms with van der Waals surface area (Å²) in [5, 5.41) is 15.5. The van der Waals surface area contributed by atoms with Gasteiger partial charge in [-0.1, -0.05) is 23.8 Å². The smallest absolute Gasteiger partial charge is 0.234 e. The lowest BCUT2D eigenvalue weighted by molar-refractivity contribution is -0.134. The Bertz CT molecular complexity index is 1150. The van der Waals surface area contributed by atoms with Crippen molar-refractivity contribution in [2.75, 3.05) is 33.4 Å². The lowest BCUT2D eigenvalue weighted by atomic mass is 9.89.